The number of thiazole rings is 1. The topological polar surface area (TPSA) is 67.4 Å². The minimum Gasteiger partial charge on any atom is -0.306 e. The van der Waals surface area contributed by atoms with Gasteiger partial charge in [-0.25, -0.2) is 4.98 Å². The number of hydrogen-bond donors (Lipinski definition) is 0. The number of benzene rings is 1. The summed E-state index contributed by atoms with van der Waals surface area (Å²) in [6.45, 7) is 4.73. The normalized spacial score (nSPS) is 12.4. The lowest BCUT2D eigenvalue weighted by Gasteiger charge is -2.07. The van der Waals surface area contributed by atoms with Gasteiger partial charge in [0.2, 0.25) is 0 Å². The molecule has 1 atom stereocenters. The minimum atomic E-state index is -0.130. The lowest BCUT2D eigenvalue weighted by atomic mass is 10.3. The summed E-state index contributed by atoms with van der Waals surface area (Å²) in [5, 5.41) is 18.1. The Morgan fingerprint density at radius 3 is 2.91 bits per heavy atom. The maximum atomic E-state index is 8.95. The van der Waals surface area contributed by atoms with Crippen LogP contribution in [0.3, 0.4) is 0 Å². The zero-order valence-electron chi connectivity index (χ0n) is 12.8. The molecule has 0 fully saturated rings. The lowest BCUT2D eigenvalue weighted by Crippen LogP contribution is -2.03. The van der Waals surface area contributed by atoms with E-state index in [0.29, 0.717) is 0 Å². The summed E-state index contributed by atoms with van der Waals surface area (Å²) in [6.07, 6.45) is 0. The first-order chi connectivity index (χ1) is 11.2. The smallest absolute Gasteiger partial charge is 0.192 e. The van der Waals surface area contributed by atoms with Gasteiger partial charge in [-0.1, -0.05) is 35.7 Å². The SMILES string of the molecule is CCn1c(CSc2nc3ccccc3s2)nnc1S[C@H](C)C#N. The number of rotatable bonds is 6. The molecule has 3 aromatic rings. The van der Waals surface area contributed by atoms with E-state index in [4.69, 9.17) is 5.26 Å². The standard InChI is InChI=1S/C15H15N5S3/c1-3-20-13(18-19-14(20)22-10(2)8-16)9-21-15-17-11-6-4-5-7-12(11)23-15/h4-7,10H,3,9H2,1-2H3/t10-/m1/s1. The number of aromatic nitrogens is 4. The fourth-order valence-electron chi connectivity index (χ4n) is 2.05. The van der Waals surface area contributed by atoms with Crippen LogP contribution in [-0.2, 0) is 12.3 Å². The second-order valence-corrected chi connectivity index (χ2v) is 8.33. The van der Waals surface area contributed by atoms with Gasteiger partial charge in [0.1, 0.15) is 5.82 Å². The van der Waals surface area contributed by atoms with Crippen LogP contribution < -0.4 is 0 Å². The van der Waals surface area contributed by atoms with Gasteiger partial charge in [0, 0.05) is 6.54 Å². The second kappa shape index (κ2) is 7.34. The molecule has 0 bridgehead atoms. The Labute approximate surface area is 147 Å². The molecule has 1 aromatic carbocycles. The van der Waals surface area contributed by atoms with Crippen molar-refractivity contribution in [1.29, 1.82) is 5.26 Å². The Bertz CT molecular complexity index is 815. The van der Waals surface area contributed by atoms with Crippen LogP contribution in [0.1, 0.15) is 19.7 Å². The Balaban J connectivity index is 1.74. The van der Waals surface area contributed by atoms with Crippen LogP contribution in [0.4, 0.5) is 0 Å². The summed E-state index contributed by atoms with van der Waals surface area (Å²) in [6, 6.07) is 10.4. The predicted octanol–water partition coefficient (Wildman–Crippen LogP) is 4.20. The van der Waals surface area contributed by atoms with Crippen LogP contribution in [-0.4, -0.2) is 25.0 Å². The van der Waals surface area contributed by atoms with E-state index in [1.165, 1.54) is 16.5 Å². The molecule has 0 saturated heterocycles. The van der Waals surface area contributed by atoms with Gasteiger partial charge in [-0.2, -0.15) is 5.26 Å². The third-order valence-corrected chi connectivity index (χ3v) is 6.32. The van der Waals surface area contributed by atoms with Crippen LogP contribution in [0, 0.1) is 11.3 Å². The van der Waals surface area contributed by atoms with Crippen LogP contribution in [0.25, 0.3) is 10.2 Å². The van der Waals surface area contributed by atoms with E-state index in [-0.39, 0.29) is 5.25 Å². The molecule has 0 aliphatic heterocycles. The number of fused-ring (bicyclic) bond motifs is 1. The predicted molar refractivity (Wildman–Crippen MR) is 95.8 cm³/mol. The first-order valence-electron chi connectivity index (χ1n) is 7.18. The summed E-state index contributed by atoms with van der Waals surface area (Å²) < 4.78 is 4.31. The van der Waals surface area contributed by atoms with Gasteiger partial charge in [-0.3, -0.25) is 0 Å². The summed E-state index contributed by atoms with van der Waals surface area (Å²) in [5.41, 5.74) is 1.04. The minimum absolute atomic E-state index is 0.130. The first kappa shape index (κ1) is 16.3. The van der Waals surface area contributed by atoms with Gasteiger partial charge in [0.15, 0.2) is 9.50 Å². The van der Waals surface area contributed by atoms with Gasteiger partial charge in [0.05, 0.1) is 27.3 Å². The molecule has 3 rings (SSSR count). The van der Waals surface area contributed by atoms with Crippen molar-refractivity contribution >= 4 is 45.1 Å². The zero-order chi connectivity index (χ0) is 16.2. The van der Waals surface area contributed by atoms with E-state index < -0.39 is 0 Å². The van der Waals surface area contributed by atoms with Crippen molar-refractivity contribution in [2.75, 3.05) is 0 Å². The highest BCUT2D eigenvalue weighted by Gasteiger charge is 2.15. The molecular weight excluding hydrogens is 346 g/mol. The number of nitriles is 1. The molecule has 0 radical (unpaired) electrons. The number of hydrogen-bond acceptors (Lipinski definition) is 7. The van der Waals surface area contributed by atoms with Crippen molar-refractivity contribution in [1.82, 2.24) is 19.7 Å². The van der Waals surface area contributed by atoms with E-state index in [1.54, 1.807) is 23.1 Å². The van der Waals surface area contributed by atoms with Crippen LogP contribution in [0.2, 0.25) is 0 Å². The maximum absolute atomic E-state index is 8.95. The largest absolute Gasteiger partial charge is 0.306 e. The van der Waals surface area contributed by atoms with E-state index in [0.717, 1.165) is 33.1 Å². The second-order valence-electron chi connectivity index (χ2n) is 4.77. The monoisotopic (exact) mass is 361 g/mol. The van der Waals surface area contributed by atoms with Gasteiger partial charge < -0.3 is 4.57 Å². The fourth-order valence-corrected chi connectivity index (χ4v) is 4.88. The molecule has 2 aromatic heterocycles. The molecule has 23 heavy (non-hydrogen) atoms. The molecule has 0 saturated carbocycles. The van der Waals surface area contributed by atoms with E-state index in [1.807, 2.05) is 25.1 Å². The lowest BCUT2D eigenvalue weighted by molar-refractivity contribution is 0.658. The van der Waals surface area contributed by atoms with Gasteiger partial charge in [-0.05, 0) is 26.0 Å². The number of nitrogens with zero attached hydrogens (tertiary/aromatic N) is 5. The molecule has 2 heterocycles. The molecule has 118 valence electrons. The van der Waals surface area contributed by atoms with Crippen molar-refractivity contribution in [2.45, 2.75) is 40.9 Å². The molecule has 0 aliphatic rings. The Morgan fingerprint density at radius 1 is 1.35 bits per heavy atom. The van der Waals surface area contributed by atoms with Crippen molar-refractivity contribution in [2.24, 2.45) is 0 Å². The summed E-state index contributed by atoms with van der Waals surface area (Å²) in [5.74, 6) is 1.65. The molecule has 8 heteroatoms. The third kappa shape index (κ3) is 3.68. The first-order valence-corrected chi connectivity index (χ1v) is 9.86. The maximum Gasteiger partial charge on any atom is 0.192 e. The molecule has 0 spiro atoms. The van der Waals surface area contributed by atoms with Crippen LogP contribution in [0.5, 0.6) is 0 Å². The summed E-state index contributed by atoms with van der Waals surface area (Å²) >= 11 is 4.82. The number of para-hydroxylation sites is 1. The van der Waals surface area contributed by atoms with Gasteiger partial charge >= 0.3 is 0 Å². The van der Waals surface area contributed by atoms with Crippen molar-refractivity contribution in [3.05, 3.63) is 30.1 Å². The summed E-state index contributed by atoms with van der Waals surface area (Å²) in [7, 11) is 0. The van der Waals surface area contributed by atoms with Crippen molar-refractivity contribution < 1.29 is 0 Å². The average molecular weight is 362 g/mol. The van der Waals surface area contributed by atoms with Crippen LogP contribution >= 0.6 is 34.9 Å². The van der Waals surface area contributed by atoms with Crippen molar-refractivity contribution in [3.8, 4) is 6.07 Å². The highest BCUT2D eigenvalue weighted by Crippen LogP contribution is 2.32. The van der Waals surface area contributed by atoms with Crippen molar-refractivity contribution in [3.63, 3.8) is 0 Å². The van der Waals surface area contributed by atoms with Gasteiger partial charge in [-0.15, -0.1) is 21.5 Å². The van der Waals surface area contributed by atoms with Crippen LogP contribution in [0.15, 0.2) is 33.8 Å². The Hall–Kier alpha value is -1.56. The molecule has 5 nitrogen and oxygen atoms in total. The average Bonchev–Trinajstić information content (AvgIpc) is 3.15. The number of thioether (sulfide) groups is 2. The molecule has 0 aliphatic carbocycles. The Morgan fingerprint density at radius 2 is 2.17 bits per heavy atom. The highest BCUT2D eigenvalue weighted by atomic mass is 32.2. The van der Waals surface area contributed by atoms with E-state index in [2.05, 4.69) is 38.8 Å². The van der Waals surface area contributed by atoms with Gasteiger partial charge in [0.25, 0.3) is 0 Å². The fraction of sp³-hybridized carbons (Fsp3) is 0.333. The highest BCUT2D eigenvalue weighted by molar-refractivity contribution is 8.00. The quantitative estimate of drug-likeness (QED) is 0.613. The third-order valence-electron chi connectivity index (χ3n) is 3.17. The Kier molecular flexibility index (Phi) is 5.20. The molecule has 0 amide bonds. The van der Waals surface area contributed by atoms with E-state index >= 15 is 0 Å². The molecular formula is C15H15N5S3. The molecule has 0 N–H and O–H groups in total. The summed E-state index contributed by atoms with van der Waals surface area (Å²) in [4.78, 5) is 4.63. The van der Waals surface area contributed by atoms with E-state index in [9.17, 15) is 0 Å². The zero-order valence-corrected chi connectivity index (χ0v) is 15.2. The molecule has 0 unspecified atom stereocenters.